The molecule has 0 aromatic rings. The summed E-state index contributed by atoms with van der Waals surface area (Å²) < 4.78 is 38.5. The number of alkyl halides is 2. The summed E-state index contributed by atoms with van der Waals surface area (Å²) in [7, 11) is 0. The molecule has 9 nitrogen and oxygen atoms in total. The van der Waals surface area contributed by atoms with Crippen molar-refractivity contribution in [3.63, 3.8) is 0 Å². The van der Waals surface area contributed by atoms with Crippen molar-refractivity contribution in [1.29, 1.82) is 0 Å². The van der Waals surface area contributed by atoms with Crippen molar-refractivity contribution in [2.75, 3.05) is 13.2 Å². The molecule has 1 aliphatic rings. The van der Waals surface area contributed by atoms with Crippen LogP contribution < -0.4 is 16.8 Å². The summed E-state index contributed by atoms with van der Waals surface area (Å²) in [6.45, 7) is 3.27. The molecule has 0 aromatic carbocycles. The van der Waals surface area contributed by atoms with Crippen LogP contribution >= 0.6 is 0 Å². The molecule has 138 valence electrons. The molecule has 1 saturated heterocycles. The minimum absolute atomic E-state index is 0.267. The Morgan fingerprint density at radius 2 is 2.12 bits per heavy atom. The number of hydrogen-bond donors (Lipinski definition) is 5. The highest BCUT2D eigenvalue weighted by atomic mass is 19.2. The van der Waals surface area contributed by atoms with E-state index < -0.39 is 54.7 Å². The highest BCUT2D eigenvalue weighted by Crippen LogP contribution is 2.35. The number of rotatable bonds is 7. The Bertz CT molecular complexity index is 508. The Morgan fingerprint density at radius 1 is 1.54 bits per heavy atom. The summed E-state index contributed by atoms with van der Waals surface area (Å²) in [5.74, 6) is -6.76. The van der Waals surface area contributed by atoms with E-state index in [0.717, 1.165) is 0 Å². The Balaban J connectivity index is 3.24. The molecule has 6 atom stereocenters. The van der Waals surface area contributed by atoms with E-state index in [4.69, 9.17) is 16.6 Å². The molecule has 1 rings (SSSR count). The minimum atomic E-state index is -3.64. The first kappa shape index (κ1) is 20.2. The van der Waals surface area contributed by atoms with Gasteiger partial charge < -0.3 is 36.5 Å². The van der Waals surface area contributed by atoms with Crippen molar-refractivity contribution in [1.82, 2.24) is 5.32 Å². The van der Waals surface area contributed by atoms with E-state index in [0.29, 0.717) is 0 Å². The van der Waals surface area contributed by atoms with Crippen LogP contribution in [-0.2, 0) is 19.1 Å². The van der Waals surface area contributed by atoms with Gasteiger partial charge in [0, 0.05) is 0 Å². The second kappa shape index (κ2) is 7.83. The number of nitrogens with one attached hydrogen (secondary N) is 1. The van der Waals surface area contributed by atoms with Crippen LogP contribution in [-0.4, -0.2) is 71.5 Å². The summed E-state index contributed by atoms with van der Waals surface area (Å²) in [5.41, 5.74) is 11.0. The predicted molar refractivity (Wildman–Crippen MR) is 76.6 cm³/mol. The number of ketones is 1. The fraction of sp³-hybridized carbons (Fsp3) is 0.692. The Kier molecular flexibility index (Phi) is 6.60. The van der Waals surface area contributed by atoms with Gasteiger partial charge in [0.1, 0.15) is 18.8 Å². The number of hydrogen-bond acceptors (Lipinski definition) is 9. The lowest BCUT2D eigenvalue weighted by Crippen LogP contribution is -2.72. The zero-order valence-electron chi connectivity index (χ0n) is 12.9. The van der Waals surface area contributed by atoms with Gasteiger partial charge in [-0.25, -0.2) is 9.18 Å². The summed E-state index contributed by atoms with van der Waals surface area (Å²) in [6, 6.07) is -3.15. The van der Waals surface area contributed by atoms with Crippen molar-refractivity contribution in [2.45, 2.75) is 43.2 Å². The smallest absolute Gasteiger partial charge is 0.375 e. The maximum Gasteiger partial charge on any atom is 0.375 e. The first-order valence-corrected chi connectivity index (χ1v) is 7.06. The van der Waals surface area contributed by atoms with Gasteiger partial charge >= 0.3 is 11.8 Å². The van der Waals surface area contributed by atoms with E-state index in [-0.39, 0.29) is 12.4 Å². The quantitative estimate of drug-likeness (QED) is 0.314. The van der Waals surface area contributed by atoms with Gasteiger partial charge in [0.15, 0.2) is 12.0 Å². The number of ether oxygens (including phenoxy) is 2. The van der Waals surface area contributed by atoms with Crippen molar-refractivity contribution < 1.29 is 38.1 Å². The van der Waals surface area contributed by atoms with Crippen LogP contribution in [0.1, 0.15) is 6.92 Å². The van der Waals surface area contributed by atoms with E-state index in [1.54, 1.807) is 0 Å². The van der Waals surface area contributed by atoms with Crippen LogP contribution in [0.3, 0.4) is 0 Å². The Morgan fingerprint density at radius 3 is 2.58 bits per heavy atom. The van der Waals surface area contributed by atoms with Gasteiger partial charge in [0.05, 0.1) is 24.5 Å². The summed E-state index contributed by atoms with van der Waals surface area (Å²) in [6.07, 6.45) is -6.61. The van der Waals surface area contributed by atoms with Gasteiger partial charge in [-0.1, -0.05) is 6.58 Å². The van der Waals surface area contributed by atoms with Crippen molar-refractivity contribution in [3.8, 4) is 0 Å². The molecule has 11 heteroatoms. The third-order valence-electron chi connectivity index (χ3n) is 3.47. The van der Waals surface area contributed by atoms with Gasteiger partial charge in [-0.2, -0.15) is 4.39 Å². The van der Waals surface area contributed by atoms with Crippen molar-refractivity contribution >= 4 is 11.8 Å². The van der Waals surface area contributed by atoms with Crippen LogP contribution in [0.5, 0.6) is 0 Å². The Hall–Kier alpha value is -1.82. The average Bonchev–Trinajstić information content (AvgIpc) is 2.53. The highest BCUT2D eigenvalue weighted by molar-refractivity contribution is 5.85. The molecule has 1 aliphatic heterocycles. The molecule has 0 amide bonds. The standard InChI is InChI=1S/C13H21F2N3O6/c1-3-23-12(22)13(15)11(14)8(18-5(2)16)7(17)10(24-13)9(21)6(20)4-19/h7-11,18-19,21H,2-4,16-17H2,1H3. The minimum Gasteiger partial charge on any atom is -0.462 e. The van der Waals surface area contributed by atoms with E-state index in [9.17, 15) is 23.5 Å². The average molecular weight is 353 g/mol. The second-order valence-corrected chi connectivity index (χ2v) is 5.19. The number of Topliss-reactive ketones (excluding diaryl/α,β-unsaturated/α-hetero) is 1. The third-order valence-corrected chi connectivity index (χ3v) is 3.47. The van der Waals surface area contributed by atoms with E-state index >= 15 is 0 Å². The van der Waals surface area contributed by atoms with Crippen LogP contribution in [0.4, 0.5) is 8.78 Å². The molecule has 24 heavy (non-hydrogen) atoms. The molecule has 0 aromatic heterocycles. The van der Waals surface area contributed by atoms with Crippen LogP contribution in [0, 0.1) is 0 Å². The predicted octanol–water partition coefficient (Wildman–Crippen LogP) is -2.41. The lowest BCUT2D eigenvalue weighted by atomic mass is 9.87. The van der Waals surface area contributed by atoms with Crippen molar-refractivity contribution in [3.05, 3.63) is 12.4 Å². The molecule has 0 aliphatic carbocycles. The molecule has 1 fully saturated rings. The van der Waals surface area contributed by atoms with E-state index in [1.165, 1.54) is 6.92 Å². The molecule has 0 radical (unpaired) electrons. The first-order chi connectivity index (χ1) is 11.1. The summed E-state index contributed by atoms with van der Waals surface area (Å²) in [4.78, 5) is 23.2. The van der Waals surface area contributed by atoms with Gasteiger partial charge in [-0.3, -0.25) is 4.79 Å². The molecular formula is C13H21F2N3O6. The van der Waals surface area contributed by atoms with Gasteiger partial charge in [0.25, 0.3) is 0 Å². The van der Waals surface area contributed by atoms with Crippen molar-refractivity contribution in [2.24, 2.45) is 11.5 Å². The van der Waals surface area contributed by atoms with Crippen LogP contribution in [0.15, 0.2) is 12.4 Å². The molecule has 0 spiro atoms. The number of carbonyl (C=O) groups excluding carboxylic acids is 2. The highest BCUT2D eigenvalue weighted by Gasteiger charge is 2.62. The third kappa shape index (κ3) is 3.80. The molecule has 7 N–H and O–H groups in total. The number of esters is 1. The van der Waals surface area contributed by atoms with Gasteiger partial charge in [0.2, 0.25) is 0 Å². The maximum absolute atomic E-state index is 14.9. The molecule has 1 heterocycles. The molecular weight excluding hydrogens is 332 g/mol. The summed E-state index contributed by atoms with van der Waals surface area (Å²) in [5, 5.41) is 20.9. The number of halogens is 2. The SMILES string of the molecule is C=C(N)NC1C(N)C(C(O)C(=O)CO)OC(F)(C(=O)OCC)C1F. The van der Waals surface area contributed by atoms with E-state index in [1.807, 2.05) is 0 Å². The zero-order chi connectivity index (χ0) is 18.7. The zero-order valence-corrected chi connectivity index (χ0v) is 12.9. The van der Waals surface area contributed by atoms with Gasteiger partial charge in [-0.15, -0.1) is 0 Å². The summed E-state index contributed by atoms with van der Waals surface area (Å²) >= 11 is 0. The van der Waals surface area contributed by atoms with Crippen LogP contribution in [0.25, 0.3) is 0 Å². The Labute approximate surface area is 136 Å². The lowest BCUT2D eigenvalue weighted by molar-refractivity contribution is -0.270. The lowest BCUT2D eigenvalue weighted by Gasteiger charge is -2.45. The number of aliphatic hydroxyl groups excluding tert-OH is 2. The largest absolute Gasteiger partial charge is 0.462 e. The monoisotopic (exact) mass is 353 g/mol. The number of aliphatic hydroxyl groups is 2. The fourth-order valence-corrected chi connectivity index (χ4v) is 2.30. The normalized spacial score (nSPS) is 34.2. The van der Waals surface area contributed by atoms with Crippen LogP contribution in [0.2, 0.25) is 0 Å². The topological polar surface area (TPSA) is 157 Å². The molecule has 6 unspecified atom stereocenters. The number of nitrogens with two attached hydrogens (primary N) is 2. The number of carbonyl (C=O) groups is 2. The van der Waals surface area contributed by atoms with E-state index in [2.05, 4.69) is 21.4 Å². The maximum atomic E-state index is 14.9. The van der Waals surface area contributed by atoms with Gasteiger partial charge in [-0.05, 0) is 6.92 Å². The second-order valence-electron chi connectivity index (χ2n) is 5.19. The first-order valence-electron chi connectivity index (χ1n) is 7.06. The molecule has 0 bridgehead atoms. The molecule has 0 saturated carbocycles. The fourth-order valence-electron chi connectivity index (χ4n) is 2.30.